The van der Waals surface area contributed by atoms with E-state index in [9.17, 15) is 9.18 Å². The van der Waals surface area contributed by atoms with Gasteiger partial charge in [0.05, 0.1) is 19.1 Å². The maximum atomic E-state index is 14.2. The van der Waals surface area contributed by atoms with E-state index in [0.29, 0.717) is 22.6 Å². The molecule has 0 saturated heterocycles. The van der Waals surface area contributed by atoms with Crippen molar-refractivity contribution in [2.45, 2.75) is 13.5 Å². The van der Waals surface area contributed by atoms with Crippen molar-refractivity contribution < 1.29 is 13.9 Å². The summed E-state index contributed by atoms with van der Waals surface area (Å²) < 4.78 is 21.0. The number of amides is 1. The molecular weight excluding hydrogens is 321 g/mol. The molecule has 5 nitrogen and oxygen atoms in total. The molecule has 0 aliphatic rings. The number of hydrogen-bond donors (Lipinski definition) is 1. The number of ether oxygens (including phenoxy) is 1. The van der Waals surface area contributed by atoms with Crippen molar-refractivity contribution in [1.82, 2.24) is 14.9 Å². The number of carbonyl (C=O) groups excluding carboxylic acids is 1. The minimum Gasteiger partial charge on any atom is -0.497 e. The number of benzene rings is 2. The highest BCUT2D eigenvalue weighted by Crippen LogP contribution is 2.18. The molecule has 0 aliphatic heterocycles. The van der Waals surface area contributed by atoms with Gasteiger partial charge in [-0.3, -0.25) is 4.79 Å². The summed E-state index contributed by atoms with van der Waals surface area (Å²) in [5.41, 5.74) is 2.48. The van der Waals surface area contributed by atoms with E-state index >= 15 is 0 Å². The van der Waals surface area contributed by atoms with Crippen LogP contribution in [0, 0.1) is 12.7 Å². The first-order chi connectivity index (χ1) is 12.1. The van der Waals surface area contributed by atoms with E-state index in [0.717, 1.165) is 5.56 Å². The number of imidazole rings is 1. The molecule has 0 saturated carbocycles. The van der Waals surface area contributed by atoms with Crippen LogP contribution in [0.5, 0.6) is 5.75 Å². The van der Waals surface area contributed by atoms with Crippen LogP contribution in [0.15, 0.2) is 55.1 Å². The summed E-state index contributed by atoms with van der Waals surface area (Å²) in [6.45, 7) is 2.09. The molecule has 128 valence electrons. The Labute approximate surface area is 145 Å². The van der Waals surface area contributed by atoms with Crippen LogP contribution in [0.25, 0.3) is 5.69 Å². The van der Waals surface area contributed by atoms with Crippen molar-refractivity contribution in [3.05, 3.63) is 77.6 Å². The van der Waals surface area contributed by atoms with Gasteiger partial charge in [-0.2, -0.15) is 0 Å². The minimum atomic E-state index is -0.370. The molecule has 3 rings (SSSR count). The zero-order valence-electron chi connectivity index (χ0n) is 14.0. The molecule has 1 amide bonds. The Balaban J connectivity index is 1.69. The van der Waals surface area contributed by atoms with Crippen LogP contribution >= 0.6 is 0 Å². The lowest BCUT2D eigenvalue weighted by atomic mass is 10.1. The van der Waals surface area contributed by atoms with Crippen molar-refractivity contribution in [3.63, 3.8) is 0 Å². The number of nitrogens with one attached hydrogen (secondary N) is 1. The van der Waals surface area contributed by atoms with Crippen molar-refractivity contribution >= 4 is 5.91 Å². The van der Waals surface area contributed by atoms with E-state index in [-0.39, 0.29) is 18.3 Å². The summed E-state index contributed by atoms with van der Waals surface area (Å²) in [5, 5.41) is 2.81. The fourth-order valence-corrected chi connectivity index (χ4v) is 2.57. The second-order valence-corrected chi connectivity index (χ2v) is 5.62. The number of methoxy groups -OCH3 is 1. The quantitative estimate of drug-likeness (QED) is 0.776. The summed E-state index contributed by atoms with van der Waals surface area (Å²) in [6, 6.07) is 10.1. The second kappa shape index (κ2) is 7.17. The van der Waals surface area contributed by atoms with Gasteiger partial charge in [-0.25, -0.2) is 9.37 Å². The Kier molecular flexibility index (Phi) is 4.79. The van der Waals surface area contributed by atoms with Crippen molar-refractivity contribution in [2.24, 2.45) is 0 Å². The molecule has 0 unspecified atom stereocenters. The number of nitrogens with zero attached hydrogens (tertiary/aromatic N) is 2. The zero-order valence-corrected chi connectivity index (χ0v) is 14.0. The Bertz CT molecular complexity index is 892. The second-order valence-electron chi connectivity index (χ2n) is 5.62. The predicted octanol–water partition coefficient (Wildman–Crippen LogP) is 3.26. The highest BCUT2D eigenvalue weighted by atomic mass is 19.1. The summed E-state index contributed by atoms with van der Waals surface area (Å²) in [7, 11) is 1.58. The predicted molar refractivity (Wildman–Crippen MR) is 92.4 cm³/mol. The van der Waals surface area contributed by atoms with Crippen LogP contribution in [-0.4, -0.2) is 22.6 Å². The van der Waals surface area contributed by atoms with Crippen LogP contribution in [0.1, 0.15) is 21.5 Å². The number of aromatic nitrogens is 2. The van der Waals surface area contributed by atoms with E-state index < -0.39 is 0 Å². The number of rotatable bonds is 5. The molecule has 25 heavy (non-hydrogen) atoms. The van der Waals surface area contributed by atoms with Crippen LogP contribution < -0.4 is 10.1 Å². The van der Waals surface area contributed by atoms with Gasteiger partial charge in [0.25, 0.3) is 5.91 Å². The van der Waals surface area contributed by atoms with E-state index in [1.165, 1.54) is 12.4 Å². The van der Waals surface area contributed by atoms with Crippen molar-refractivity contribution in [1.29, 1.82) is 0 Å². The Morgan fingerprint density at radius 2 is 2.12 bits per heavy atom. The number of halogens is 1. The maximum absolute atomic E-state index is 14.2. The fourth-order valence-electron chi connectivity index (χ4n) is 2.57. The van der Waals surface area contributed by atoms with E-state index in [2.05, 4.69) is 10.3 Å². The molecule has 0 bridgehead atoms. The normalized spacial score (nSPS) is 10.5. The van der Waals surface area contributed by atoms with Gasteiger partial charge in [0.15, 0.2) is 0 Å². The van der Waals surface area contributed by atoms with Gasteiger partial charge in [-0.1, -0.05) is 6.07 Å². The standard InChI is InChI=1S/C19H18FN3O2/c1-13-9-15(25-2)4-5-16(13)19(24)22-11-14-3-6-18(17(20)10-14)23-8-7-21-12-23/h3-10,12H,11H2,1-2H3,(H,22,24). The largest absolute Gasteiger partial charge is 0.497 e. The third-order valence-corrected chi connectivity index (χ3v) is 3.93. The van der Waals surface area contributed by atoms with Gasteiger partial charge >= 0.3 is 0 Å². The minimum absolute atomic E-state index is 0.209. The molecule has 0 fully saturated rings. The number of hydrogen-bond acceptors (Lipinski definition) is 3. The maximum Gasteiger partial charge on any atom is 0.251 e. The Morgan fingerprint density at radius 1 is 1.28 bits per heavy atom. The van der Waals surface area contributed by atoms with Gasteiger partial charge in [0.1, 0.15) is 11.6 Å². The monoisotopic (exact) mass is 339 g/mol. The molecule has 2 aromatic carbocycles. The molecule has 0 atom stereocenters. The fraction of sp³-hybridized carbons (Fsp3) is 0.158. The first-order valence-corrected chi connectivity index (χ1v) is 7.78. The Morgan fingerprint density at radius 3 is 2.76 bits per heavy atom. The van der Waals surface area contributed by atoms with Gasteiger partial charge in [-0.05, 0) is 48.4 Å². The highest BCUT2D eigenvalue weighted by molar-refractivity contribution is 5.95. The summed E-state index contributed by atoms with van der Waals surface area (Å²) in [5.74, 6) is 0.121. The lowest BCUT2D eigenvalue weighted by Gasteiger charge is -2.10. The lowest BCUT2D eigenvalue weighted by Crippen LogP contribution is -2.23. The van der Waals surface area contributed by atoms with Crippen LogP contribution in [0.2, 0.25) is 0 Å². The van der Waals surface area contributed by atoms with E-state index in [4.69, 9.17) is 4.74 Å². The molecule has 1 aromatic heterocycles. The van der Waals surface area contributed by atoms with E-state index in [1.807, 2.05) is 6.92 Å². The SMILES string of the molecule is COc1ccc(C(=O)NCc2ccc(-n3ccnc3)c(F)c2)c(C)c1. The van der Waals surface area contributed by atoms with Gasteiger partial charge in [0.2, 0.25) is 0 Å². The van der Waals surface area contributed by atoms with Crippen LogP contribution in [0.3, 0.4) is 0 Å². The summed E-state index contributed by atoms with van der Waals surface area (Å²) >= 11 is 0. The number of carbonyl (C=O) groups is 1. The third-order valence-electron chi connectivity index (χ3n) is 3.93. The Hall–Kier alpha value is -3.15. The van der Waals surface area contributed by atoms with Crippen molar-refractivity contribution in [3.8, 4) is 11.4 Å². The molecule has 0 radical (unpaired) electrons. The molecular formula is C19H18FN3O2. The van der Waals surface area contributed by atoms with Gasteiger partial charge < -0.3 is 14.6 Å². The molecule has 6 heteroatoms. The molecule has 0 aliphatic carbocycles. The average Bonchev–Trinajstić information content (AvgIpc) is 3.14. The van der Waals surface area contributed by atoms with Crippen LogP contribution in [-0.2, 0) is 6.54 Å². The first kappa shape index (κ1) is 16.7. The zero-order chi connectivity index (χ0) is 17.8. The summed E-state index contributed by atoms with van der Waals surface area (Å²) in [4.78, 5) is 16.2. The number of aryl methyl sites for hydroxylation is 1. The van der Waals surface area contributed by atoms with Crippen molar-refractivity contribution in [2.75, 3.05) is 7.11 Å². The van der Waals surface area contributed by atoms with Crippen LogP contribution in [0.4, 0.5) is 4.39 Å². The molecule has 3 aromatic rings. The average molecular weight is 339 g/mol. The molecule has 1 heterocycles. The summed E-state index contributed by atoms with van der Waals surface area (Å²) in [6.07, 6.45) is 4.80. The first-order valence-electron chi connectivity index (χ1n) is 7.78. The lowest BCUT2D eigenvalue weighted by molar-refractivity contribution is 0.0950. The molecule has 1 N–H and O–H groups in total. The highest BCUT2D eigenvalue weighted by Gasteiger charge is 2.11. The molecule has 0 spiro atoms. The van der Waals surface area contributed by atoms with E-state index in [1.54, 1.807) is 54.4 Å². The van der Waals surface area contributed by atoms with Gasteiger partial charge in [0, 0.05) is 24.5 Å². The van der Waals surface area contributed by atoms with Gasteiger partial charge in [-0.15, -0.1) is 0 Å². The third kappa shape index (κ3) is 3.68. The smallest absolute Gasteiger partial charge is 0.251 e. The topological polar surface area (TPSA) is 56.1 Å².